The van der Waals surface area contributed by atoms with Gasteiger partial charge in [0.2, 0.25) is 0 Å². The number of aromatic nitrogens is 4. The Bertz CT molecular complexity index is 5440. The molecule has 10 heteroatoms. The van der Waals surface area contributed by atoms with E-state index in [0.29, 0.717) is 55.9 Å². The molecule has 2 radical (unpaired) electrons. The maximum absolute atomic E-state index is 8.21. The maximum atomic E-state index is 8.21. The minimum absolute atomic E-state index is 0. The first kappa shape index (κ1) is 62.0. The van der Waals surface area contributed by atoms with Crippen LogP contribution >= 0.6 is 0 Å². The van der Waals surface area contributed by atoms with Crippen molar-refractivity contribution in [2.45, 2.75) is 89.3 Å². The van der Waals surface area contributed by atoms with Gasteiger partial charge in [-0.3, -0.25) is 4.98 Å². The first-order chi connectivity index (χ1) is 50.5. The number of furan rings is 2. The Balaban J connectivity index is 0.000000184. The van der Waals surface area contributed by atoms with Crippen LogP contribution in [0.5, 0.6) is 0 Å². The van der Waals surface area contributed by atoms with Crippen LogP contribution in [-0.4, -0.2) is 44.4 Å². The predicted octanol–water partition coefficient (Wildman–Crippen LogP) is 23.1. The van der Waals surface area contributed by atoms with Crippen molar-refractivity contribution < 1.29 is 73.0 Å². The van der Waals surface area contributed by atoms with Gasteiger partial charge in [0.15, 0.2) is 0 Å². The van der Waals surface area contributed by atoms with E-state index in [4.69, 9.17) is 32.8 Å². The molecule has 16 rings (SSSR count). The Hall–Kier alpha value is -9.34. The van der Waals surface area contributed by atoms with Crippen LogP contribution < -0.4 is 0 Å². The summed E-state index contributed by atoms with van der Waals surface area (Å²) in [6.45, 7) is 10.5. The molecule has 6 aromatic heterocycles. The molecule has 0 fully saturated rings. The Morgan fingerprint density at radius 2 is 0.778 bits per heavy atom. The van der Waals surface area contributed by atoms with Gasteiger partial charge in [-0.1, -0.05) is 193 Å². The average Bonchev–Trinajstić information content (AvgIpc) is 1.60. The molecule has 0 saturated carbocycles. The van der Waals surface area contributed by atoms with E-state index >= 15 is 0 Å². The Morgan fingerprint density at radius 1 is 0.374 bits per heavy atom. The fourth-order valence-electron chi connectivity index (χ4n) is 11.6. The zero-order valence-corrected chi connectivity index (χ0v) is 61.0. The molecule has 16 aromatic rings. The van der Waals surface area contributed by atoms with Gasteiger partial charge in [0.25, 0.3) is 0 Å². The van der Waals surface area contributed by atoms with Crippen LogP contribution in [0.1, 0.15) is 96.1 Å². The van der Waals surface area contributed by atoms with Gasteiger partial charge in [0.05, 0.1) is 11.3 Å². The van der Waals surface area contributed by atoms with Gasteiger partial charge in [-0.2, -0.15) is 0 Å². The third kappa shape index (κ3) is 17.2. The third-order valence-corrected chi connectivity index (χ3v) is 16.0. The number of benzene rings is 10. The van der Waals surface area contributed by atoms with E-state index in [1.807, 2.05) is 169 Å². The van der Waals surface area contributed by atoms with Crippen molar-refractivity contribution in [3.05, 3.63) is 289 Å². The minimum Gasteiger partial charge on any atom is -0.500 e. The van der Waals surface area contributed by atoms with Gasteiger partial charge in [-0.05, 0) is 153 Å². The molecule has 8 nitrogen and oxygen atoms in total. The molecule has 0 spiro atoms. The molecule has 0 saturated heterocycles. The zero-order chi connectivity index (χ0) is 76.3. The molecule has 0 amide bonds. The van der Waals surface area contributed by atoms with E-state index in [9.17, 15) is 0 Å². The largest absolute Gasteiger partial charge is 0.500 e. The van der Waals surface area contributed by atoms with Crippen molar-refractivity contribution in [3.63, 3.8) is 0 Å². The number of rotatable bonds is 6. The Morgan fingerprint density at radius 3 is 1.24 bits per heavy atom. The molecule has 99 heavy (non-hydrogen) atoms. The summed E-state index contributed by atoms with van der Waals surface area (Å²) in [6, 6.07) is 78.7. The molecule has 2 N–H and O–H groups in total. The van der Waals surface area contributed by atoms with E-state index < -0.39 is 37.3 Å². The quantitative estimate of drug-likeness (QED) is 0.125. The summed E-state index contributed by atoms with van der Waals surface area (Å²) < 4.78 is 92.9. The normalized spacial score (nSPS) is 13.0. The SMILES string of the molecule is C.CO.CO.[2H]C([2H])([2H])c1cc(-c2[c-]ccc3c2oc2c3ccc3c4ccccc4ccc32)ncc1C.[2H]C([2H])([2H])c1cc(-c2cccc3c2oc2c3ccc3c4ccccc4ccc32)ncc1C.[2H]C([2H])(c1ccc(-c2[c-]cccc2)nc1)C(C)(C)C.[2H]C([2H])(c1ccc(-c2[c-]cccc2)nc1)C(C)(C)C.[Ir].[Ir]. The van der Waals surface area contributed by atoms with Crippen LogP contribution in [0.2, 0.25) is 0 Å². The molecule has 0 unspecified atom stereocenters. The number of pyridine rings is 4. The predicted molar refractivity (Wildman–Crippen MR) is 408 cm³/mol. The Labute approximate surface area is 624 Å². The van der Waals surface area contributed by atoms with Gasteiger partial charge < -0.3 is 34.0 Å². The van der Waals surface area contributed by atoms with Crippen molar-refractivity contribution in [1.82, 2.24) is 19.9 Å². The number of fused-ring (bicyclic) bond motifs is 14. The maximum Gasteiger partial charge on any atom is 0.144 e. The molecule has 0 bridgehead atoms. The molecular weight excluding hydrogens is 1570 g/mol. The second-order valence-electron chi connectivity index (χ2n) is 25.1. The van der Waals surface area contributed by atoms with Gasteiger partial charge in [0.1, 0.15) is 16.7 Å². The first-order valence-electron chi connectivity index (χ1n) is 36.6. The van der Waals surface area contributed by atoms with E-state index in [1.165, 1.54) is 21.5 Å². The summed E-state index contributed by atoms with van der Waals surface area (Å²) in [5.41, 5.74) is 11.3. The second kappa shape index (κ2) is 33.5. The van der Waals surface area contributed by atoms with Crippen LogP contribution in [-0.2, 0) is 53.0 Å². The molecule has 0 atom stereocenters. The number of hydrogen-bond acceptors (Lipinski definition) is 8. The van der Waals surface area contributed by atoms with Crippen LogP contribution in [0.25, 0.3) is 132 Å². The van der Waals surface area contributed by atoms with Crippen molar-refractivity contribution >= 4 is 87.0 Å². The smallest absolute Gasteiger partial charge is 0.144 e. The molecule has 6 heterocycles. The van der Waals surface area contributed by atoms with E-state index in [1.54, 1.807) is 50.8 Å². The van der Waals surface area contributed by atoms with Crippen molar-refractivity contribution in [3.8, 4) is 45.0 Å². The monoisotopic (exact) mass is 1670 g/mol. The molecular formula is C89H85Ir2N4O4-3. The standard InChI is InChI=1S/C27H19NO.C27H18NO.2C16H18N.2CH4O.CH4.2Ir/c2*1-16-14-25(28-15-17(16)2)24-9-5-8-21-23-13-12-20-19-7-4-3-6-18(19)10-11-22(20)26(23)29-27(21)24;2*1-16(2,3)11-13-9-10-15(17-12-13)14-7-5-4-6-8-14;2*1-2;;;/h3-15H,1-2H3;3-8,10-15H,1-2H3;2*4-7,9-10,12H,11H2,1-3H3;2*2H,1H3;1H4;;/q;3*-1;;;;;/i2*1D3;2*11D2;;;;;. The first-order valence-corrected chi connectivity index (χ1v) is 31.6. The summed E-state index contributed by atoms with van der Waals surface area (Å²) in [6.07, 6.45) is 3.68. The van der Waals surface area contributed by atoms with Crippen molar-refractivity contribution in [2.75, 3.05) is 14.2 Å². The minimum atomic E-state index is -2.21. The molecule has 10 aromatic carbocycles. The van der Waals surface area contributed by atoms with Gasteiger partial charge in [-0.25, -0.2) is 0 Å². The fourth-order valence-corrected chi connectivity index (χ4v) is 11.6. The van der Waals surface area contributed by atoms with E-state index in [2.05, 4.69) is 111 Å². The number of nitrogens with zero attached hydrogens (tertiary/aromatic N) is 4. The summed E-state index contributed by atoms with van der Waals surface area (Å²) in [5, 5.41) is 27.1. The van der Waals surface area contributed by atoms with Crippen LogP contribution in [0.3, 0.4) is 0 Å². The summed E-state index contributed by atoms with van der Waals surface area (Å²) in [5.74, 6) is 0. The van der Waals surface area contributed by atoms with Crippen molar-refractivity contribution in [1.29, 1.82) is 0 Å². The number of hydrogen-bond donors (Lipinski definition) is 2. The third-order valence-electron chi connectivity index (χ3n) is 16.0. The van der Waals surface area contributed by atoms with Crippen LogP contribution in [0.15, 0.2) is 246 Å². The van der Waals surface area contributed by atoms with Gasteiger partial charge in [0, 0.05) is 125 Å². The summed E-state index contributed by atoms with van der Waals surface area (Å²) in [4.78, 5) is 17.8. The van der Waals surface area contributed by atoms with Gasteiger partial charge >= 0.3 is 0 Å². The molecule has 0 aliphatic rings. The number of aryl methyl sites for hydroxylation is 4. The number of aliphatic hydroxyl groups is 2. The summed E-state index contributed by atoms with van der Waals surface area (Å²) in [7, 11) is 2.00. The fraction of sp³-hybridized carbons (Fsp3) is 0.191. The van der Waals surface area contributed by atoms with Crippen LogP contribution in [0, 0.1) is 56.6 Å². The topological polar surface area (TPSA) is 118 Å². The summed E-state index contributed by atoms with van der Waals surface area (Å²) >= 11 is 0. The molecule has 0 aliphatic carbocycles. The Kier molecular flexibility index (Phi) is 20.9. The number of aliphatic hydroxyl groups excluding tert-OH is 2. The van der Waals surface area contributed by atoms with Gasteiger partial charge in [-0.15, -0.1) is 90.0 Å². The number of para-hydroxylation sites is 1. The van der Waals surface area contributed by atoms with E-state index in [0.717, 1.165) is 102 Å². The average molecular weight is 1670 g/mol. The van der Waals surface area contributed by atoms with E-state index in [-0.39, 0.29) is 47.6 Å². The van der Waals surface area contributed by atoms with Crippen molar-refractivity contribution in [2.24, 2.45) is 10.8 Å². The molecule has 506 valence electrons. The zero-order valence-electron chi connectivity index (χ0n) is 66.2. The second-order valence-corrected chi connectivity index (χ2v) is 25.1. The van der Waals surface area contributed by atoms with Crippen LogP contribution in [0.4, 0.5) is 0 Å². The molecule has 0 aliphatic heterocycles.